The van der Waals surface area contributed by atoms with Crippen LogP contribution in [-0.4, -0.2) is 65.4 Å². The maximum Gasteiger partial charge on any atom is 0.431 e. The van der Waals surface area contributed by atoms with Crippen molar-refractivity contribution in [2.24, 2.45) is 0 Å². The lowest BCUT2D eigenvalue weighted by Gasteiger charge is -2.39. The first-order chi connectivity index (χ1) is 9.83. The minimum atomic E-state index is -2.07. The summed E-state index contributed by atoms with van der Waals surface area (Å²) in [6.07, 6.45) is 0. The van der Waals surface area contributed by atoms with E-state index in [0.29, 0.717) is 0 Å². The number of nitrogens with zero attached hydrogens (tertiary/aromatic N) is 2. The summed E-state index contributed by atoms with van der Waals surface area (Å²) in [5, 5.41) is 0. The van der Waals surface area contributed by atoms with Gasteiger partial charge in [0.05, 0.1) is 0 Å². The van der Waals surface area contributed by atoms with Crippen LogP contribution in [0, 0.1) is 0 Å². The van der Waals surface area contributed by atoms with Crippen molar-refractivity contribution in [3.8, 4) is 0 Å². The predicted octanol–water partition coefficient (Wildman–Crippen LogP) is -0.244. The Balaban J connectivity index is 0. The van der Waals surface area contributed by atoms with Gasteiger partial charge in [0.25, 0.3) is 20.3 Å². The molecule has 0 aliphatic carbocycles. The van der Waals surface area contributed by atoms with Crippen molar-refractivity contribution in [1.82, 2.24) is 9.13 Å². The molecule has 128 valence electrons. The van der Waals surface area contributed by atoms with Crippen molar-refractivity contribution in [1.29, 1.82) is 0 Å². The molecule has 0 fully saturated rings. The Labute approximate surface area is 135 Å². The molecule has 0 atom stereocenters. The topological polar surface area (TPSA) is 93.2 Å². The van der Waals surface area contributed by atoms with Crippen LogP contribution in [-0.2, 0) is 28.0 Å². The van der Waals surface area contributed by atoms with Crippen molar-refractivity contribution in [3.63, 3.8) is 0 Å². The highest BCUT2D eigenvalue weighted by Crippen LogP contribution is 2.12. The van der Waals surface area contributed by atoms with Crippen molar-refractivity contribution in [3.05, 3.63) is 0 Å². The molecule has 0 unspecified atom stereocenters. The Bertz CT molecular complexity index is 392. The van der Waals surface area contributed by atoms with E-state index < -0.39 is 30.3 Å². The van der Waals surface area contributed by atoms with Gasteiger partial charge in [0.15, 0.2) is 0 Å². The van der Waals surface area contributed by atoms with Crippen molar-refractivity contribution in [2.45, 2.75) is 40.8 Å². The third-order valence-corrected chi connectivity index (χ3v) is 8.07. The fraction of sp³-hybridized carbons (Fsp3) is 0.667. The monoisotopic (exact) mass is 350 g/mol. The Morgan fingerprint density at radius 1 is 0.773 bits per heavy atom. The van der Waals surface area contributed by atoms with Gasteiger partial charge in [-0.2, -0.15) is 0 Å². The van der Waals surface area contributed by atoms with Crippen LogP contribution in [0.5, 0.6) is 0 Å². The van der Waals surface area contributed by atoms with E-state index in [1.807, 2.05) is 13.1 Å². The number of amides is 2. The van der Waals surface area contributed by atoms with Crippen LogP contribution in [0.2, 0.25) is 13.1 Å². The normalized spacial score (nSPS) is 9.82. The Morgan fingerprint density at radius 2 is 1.05 bits per heavy atom. The second kappa shape index (κ2) is 10.1. The molecule has 2 amide bonds. The van der Waals surface area contributed by atoms with Crippen molar-refractivity contribution < 1.29 is 28.0 Å². The number of carbonyl (C=O) groups is 4. The summed E-state index contributed by atoms with van der Waals surface area (Å²) < 4.78 is 12.2. The largest absolute Gasteiger partial charge is 0.490 e. The molecule has 0 radical (unpaired) electrons. The summed E-state index contributed by atoms with van der Waals surface area (Å²) in [7, 11) is 0.0367. The number of hydrogen-bond acceptors (Lipinski definition) is 6. The lowest BCUT2D eigenvalue weighted by Crippen LogP contribution is -2.61. The summed E-state index contributed by atoms with van der Waals surface area (Å²) >= 11 is 0. The highest BCUT2D eigenvalue weighted by molar-refractivity contribution is 6.75. The molecule has 8 nitrogen and oxygen atoms in total. The van der Waals surface area contributed by atoms with Crippen LogP contribution in [0.3, 0.4) is 0 Å². The van der Waals surface area contributed by atoms with E-state index in [2.05, 4.69) is 8.85 Å². The van der Waals surface area contributed by atoms with E-state index in [1.165, 1.54) is 27.7 Å². The van der Waals surface area contributed by atoms with Crippen molar-refractivity contribution in [2.75, 3.05) is 14.1 Å². The second-order valence-corrected chi connectivity index (χ2v) is 10.2. The third-order valence-electron chi connectivity index (χ3n) is 3.11. The number of carbonyl (C=O) groups excluding carboxylic acids is 4. The zero-order chi connectivity index (χ0) is 18.1. The van der Waals surface area contributed by atoms with Crippen LogP contribution >= 0.6 is 0 Å². The van der Waals surface area contributed by atoms with E-state index in [0.717, 1.165) is 0 Å². The van der Waals surface area contributed by atoms with Gasteiger partial charge in [-0.15, -0.1) is 0 Å². The molecule has 10 heteroatoms. The van der Waals surface area contributed by atoms with Gasteiger partial charge in [-0.1, -0.05) is 0 Å². The molecule has 22 heavy (non-hydrogen) atoms. The minimum absolute atomic E-state index is 0.00441. The molecule has 0 aliphatic rings. The smallest absolute Gasteiger partial charge is 0.431 e. The quantitative estimate of drug-likeness (QED) is 0.650. The number of rotatable bonds is 4. The molecule has 0 aromatic heterocycles. The summed E-state index contributed by atoms with van der Waals surface area (Å²) in [5.74, 6) is -0.791. The van der Waals surface area contributed by atoms with Gasteiger partial charge in [0.1, 0.15) is 0 Å². The van der Waals surface area contributed by atoms with E-state index in [-0.39, 0.29) is 11.8 Å². The van der Waals surface area contributed by atoms with Gasteiger partial charge >= 0.3 is 10.0 Å². The average Bonchev–Trinajstić information content (AvgIpc) is 2.36. The predicted molar refractivity (Wildman–Crippen MR) is 86.4 cm³/mol. The van der Waals surface area contributed by atoms with E-state index >= 15 is 0 Å². The average molecular weight is 351 g/mol. The fourth-order valence-electron chi connectivity index (χ4n) is 1.19. The molecule has 0 saturated carbocycles. The fourth-order valence-corrected chi connectivity index (χ4v) is 3.57. The summed E-state index contributed by atoms with van der Waals surface area (Å²) in [5.41, 5.74) is 0. The second-order valence-electron chi connectivity index (χ2n) is 5.04. The molecule has 0 aliphatic heterocycles. The van der Waals surface area contributed by atoms with Crippen LogP contribution in [0.15, 0.2) is 0 Å². The molecular weight excluding hydrogens is 324 g/mol. The molecular formula is C12H26N2O6Si2. The van der Waals surface area contributed by atoms with E-state index in [1.54, 1.807) is 23.2 Å². The van der Waals surface area contributed by atoms with Gasteiger partial charge < -0.3 is 18.0 Å². The van der Waals surface area contributed by atoms with Gasteiger partial charge in [0, 0.05) is 41.8 Å². The molecule has 0 bridgehead atoms. The van der Waals surface area contributed by atoms with Crippen LogP contribution in [0.1, 0.15) is 27.7 Å². The summed E-state index contributed by atoms with van der Waals surface area (Å²) in [4.78, 5) is 42.4. The van der Waals surface area contributed by atoms with Crippen LogP contribution in [0.4, 0.5) is 0 Å². The molecule has 0 spiro atoms. The lowest BCUT2D eigenvalue weighted by molar-refractivity contribution is -0.136. The zero-order valence-electron chi connectivity index (χ0n) is 14.6. The highest BCUT2D eigenvalue weighted by Gasteiger charge is 2.35. The molecule has 0 aromatic rings. The van der Waals surface area contributed by atoms with Gasteiger partial charge in [0.2, 0.25) is 11.8 Å². The van der Waals surface area contributed by atoms with Crippen LogP contribution < -0.4 is 0 Å². The van der Waals surface area contributed by atoms with E-state index in [9.17, 15) is 19.2 Å². The van der Waals surface area contributed by atoms with Gasteiger partial charge in [-0.05, 0) is 13.1 Å². The molecule has 0 N–H and O–H groups in total. The standard InChI is InChI=1S/C8H18N2O2Si.C4H8O4Si/c1-7(11)9(3)13(5,6)10(4)8(2)12;1-3(5)7-9-8-4(2)6/h1-6H3;9H2,1-2H3. The summed E-state index contributed by atoms with van der Waals surface area (Å²) in [6, 6.07) is 0. The Kier molecular flexibility index (Phi) is 10.4. The maximum absolute atomic E-state index is 11.1. The molecule has 0 heterocycles. The summed E-state index contributed by atoms with van der Waals surface area (Å²) in [6.45, 7) is 9.52. The lowest BCUT2D eigenvalue weighted by atomic mass is 10.7. The SMILES string of the molecule is CC(=O)N(C)[Si](C)(C)N(C)C(C)=O.CC(=O)O[SiH2]OC(C)=O. The van der Waals surface area contributed by atoms with Crippen LogP contribution in [0.25, 0.3) is 0 Å². The maximum atomic E-state index is 11.1. The highest BCUT2D eigenvalue weighted by atomic mass is 28.3. The molecule has 0 aromatic carbocycles. The van der Waals surface area contributed by atoms with Gasteiger partial charge in [-0.25, -0.2) is 0 Å². The first-order valence-electron chi connectivity index (χ1n) is 6.59. The molecule has 0 saturated heterocycles. The zero-order valence-corrected chi connectivity index (χ0v) is 17.0. The van der Waals surface area contributed by atoms with Gasteiger partial charge in [-0.3, -0.25) is 19.2 Å². The van der Waals surface area contributed by atoms with E-state index in [4.69, 9.17) is 0 Å². The number of hydrogen-bond donors (Lipinski definition) is 0. The Morgan fingerprint density at radius 3 is 1.23 bits per heavy atom. The third kappa shape index (κ3) is 9.29. The minimum Gasteiger partial charge on any atom is -0.490 e. The first-order valence-corrected chi connectivity index (χ1v) is 10.6. The Hall–Kier alpha value is -1.69. The molecule has 0 rings (SSSR count). The van der Waals surface area contributed by atoms with Crippen molar-refractivity contribution >= 4 is 42.2 Å². The first kappa shape index (κ1) is 22.6.